The Balaban J connectivity index is 1.52. The molecule has 3 aromatic rings. The van der Waals surface area contributed by atoms with Crippen LogP contribution in [0.4, 0.5) is 5.69 Å². The topological polar surface area (TPSA) is 72.6 Å². The maximum Gasteiger partial charge on any atom is 0.309 e. The molecule has 5 nitrogen and oxygen atoms in total. The molecule has 0 radical (unpaired) electrons. The van der Waals surface area contributed by atoms with Crippen molar-refractivity contribution in [3.8, 4) is 11.1 Å². The molecule has 0 saturated heterocycles. The molecule has 0 spiro atoms. The number of rotatable bonds is 10. The first-order valence-corrected chi connectivity index (χ1v) is 12.8. The molecule has 0 bridgehead atoms. The molecular formula is C31H36N2O3. The Labute approximate surface area is 214 Å². The molecule has 4 rings (SSSR count). The van der Waals surface area contributed by atoms with Gasteiger partial charge in [0.1, 0.15) is 0 Å². The van der Waals surface area contributed by atoms with E-state index in [1.165, 1.54) is 12.7 Å². The molecule has 1 aliphatic rings. The summed E-state index contributed by atoms with van der Waals surface area (Å²) in [5.74, 6) is 0.509. The standard InChI is InChI=1S/C31H36N2O3/c1-4-21(2)29(32)20-33(31(35)28-19-27(28)25-8-6-5-7-9-25)26-16-14-24(15-17-26)23-12-10-22(11-13-23)18-30(34)36-3/h5-17,21,27-29H,4,18-20,32H2,1-3H3/t21-,27-,28+,29+/m0/s1. The summed E-state index contributed by atoms with van der Waals surface area (Å²) in [4.78, 5) is 27.1. The van der Waals surface area contributed by atoms with Gasteiger partial charge in [0.25, 0.3) is 0 Å². The lowest BCUT2D eigenvalue weighted by molar-refractivity contribution is -0.139. The van der Waals surface area contributed by atoms with Crippen LogP contribution in [0.15, 0.2) is 78.9 Å². The summed E-state index contributed by atoms with van der Waals surface area (Å²) in [5.41, 5.74) is 11.6. The summed E-state index contributed by atoms with van der Waals surface area (Å²) >= 11 is 0. The van der Waals surface area contributed by atoms with Gasteiger partial charge in [-0.3, -0.25) is 9.59 Å². The van der Waals surface area contributed by atoms with E-state index in [1.54, 1.807) is 0 Å². The number of amides is 1. The van der Waals surface area contributed by atoms with E-state index >= 15 is 0 Å². The van der Waals surface area contributed by atoms with Gasteiger partial charge in [-0.15, -0.1) is 0 Å². The molecule has 1 amide bonds. The van der Waals surface area contributed by atoms with Crippen molar-refractivity contribution in [1.82, 2.24) is 0 Å². The van der Waals surface area contributed by atoms with E-state index in [-0.39, 0.29) is 36.2 Å². The van der Waals surface area contributed by atoms with Gasteiger partial charge in [0, 0.05) is 24.2 Å². The molecule has 0 aromatic heterocycles. The van der Waals surface area contributed by atoms with Crippen LogP contribution in [0.3, 0.4) is 0 Å². The summed E-state index contributed by atoms with van der Waals surface area (Å²) in [6.07, 6.45) is 2.12. The van der Waals surface area contributed by atoms with E-state index < -0.39 is 0 Å². The first-order chi connectivity index (χ1) is 17.4. The first-order valence-electron chi connectivity index (χ1n) is 12.8. The minimum atomic E-state index is -0.252. The highest BCUT2D eigenvalue weighted by molar-refractivity contribution is 5.97. The third-order valence-corrected chi connectivity index (χ3v) is 7.41. The third kappa shape index (κ3) is 6.03. The Hall–Kier alpha value is -3.44. The number of ether oxygens (including phenoxy) is 1. The molecule has 5 heteroatoms. The van der Waals surface area contributed by atoms with Crippen molar-refractivity contribution in [2.45, 2.75) is 45.1 Å². The summed E-state index contributed by atoms with van der Waals surface area (Å²) < 4.78 is 4.75. The van der Waals surface area contributed by atoms with Crippen LogP contribution in [0, 0.1) is 11.8 Å². The summed E-state index contributed by atoms with van der Waals surface area (Å²) in [7, 11) is 1.40. The minimum Gasteiger partial charge on any atom is -0.469 e. The van der Waals surface area contributed by atoms with Crippen molar-refractivity contribution >= 4 is 17.6 Å². The molecule has 1 aliphatic carbocycles. The molecule has 2 N–H and O–H groups in total. The van der Waals surface area contributed by atoms with Crippen molar-refractivity contribution in [2.75, 3.05) is 18.6 Å². The average Bonchev–Trinajstić information content (AvgIpc) is 3.73. The van der Waals surface area contributed by atoms with Crippen LogP contribution < -0.4 is 10.6 Å². The lowest BCUT2D eigenvalue weighted by Gasteiger charge is -2.29. The Morgan fingerprint density at radius 3 is 2.17 bits per heavy atom. The third-order valence-electron chi connectivity index (χ3n) is 7.41. The number of nitrogens with zero attached hydrogens (tertiary/aromatic N) is 1. The molecule has 1 saturated carbocycles. The smallest absolute Gasteiger partial charge is 0.309 e. The van der Waals surface area contributed by atoms with Crippen molar-refractivity contribution in [1.29, 1.82) is 0 Å². The predicted octanol–water partition coefficient (Wildman–Crippen LogP) is 5.58. The highest BCUT2D eigenvalue weighted by Crippen LogP contribution is 2.49. The number of hydrogen-bond acceptors (Lipinski definition) is 4. The zero-order valence-electron chi connectivity index (χ0n) is 21.4. The molecule has 0 unspecified atom stereocenters. The van der Waals surface area contributed by atoms with Crippen LogP contribution in [0.2, 0.25) is 0 Å². The van der Waals surface area contributed by atoms with E-state index in [0.717, 1.165) is 35.2 Å². The number of nitrogens with two attached hydrogens (primary N) is 1. The highest BCUT2D eigenvalue weighted by Gasteiger charge is 2.46. The lowest BCUT2D eigenvalue weighted by Crippen LogP contribution is -2.45. The van der Waals surface area contributed by atoms with Gasteiger partial charge < -0.3 is 15.4 Å². The van der Waals surface area contributed by atoms with Gasteiger partial charge in [-0.25, -0.2) is 0 Å². The largest absolute Gasteiger partial charge is 0.469 e. The quantitative estimate of drug-likeness (QED) is 0.381. The summed E-state index contributed by atoms with van der Waals surface area (Å²) in [6, 6.07) is 26.2. The minimum absolute atomic E-state index is 0.00133. The Kier molecular flexibility index (Phi) is 8.21. The first kappa shape index (κ1) is 25.6. The molecule has 0 heterocycles. The second-order valence-electron chi connectivity index (χ2n) is 9.85. The highest BCUT2D eigenvalue weighted by atomic mass is 16.5. The Bertz CT molecular complexity index is 1160. The second kappa shape index (κ2) is 11.5. The molecule has 0 aliphatic heterocycles. The number of methoxy groups -OCH3 is 1. The number of benzene rings is 3. The van der Waals surface area contributed by atoms with Crippen LogP contribution in [0.1, 0.15) is 43.7 Å². The maximum atomic E-state index is 13.7. The van der Waals surface area contributed by atoms with Gasteiger partial charge in [-0.1, -0.05) is 87.0 Å². The van der Waals surface area contributed by atoms with Gasteiger partial charge in [0.05, 0.1) is 13.5 Å². The molecule has 36 heavy (non-hydrogen) atoms. The Morgan fingerprint density at radius 2 is 1.58 bits per heavy atom. The second-order valence-corrected chi connectivity index (χ2v) is 9.85. The zero-order valence-corrected chi connectivity index (χ0v) is 21.4. The van der Waals surface area contributed by atoms with Gasteiger partial charge in [-0.2, -0.15) is 0 Å². The van der Waals surface area contributed by atoms with Gasteiger partial charge in [0.15, 0.2) is 0 Å². The van der Waals surface area contributed by atoms with E-state index in [9.17, 15) is 9.59 Å². The molecule has 188 valence electrons. The average molecular weight is 485 g/mol. The zero-order chi connectivity index (χ0) is 25.7. The van der Waals surface area contributed by atoms with Crippen molar-refractivity contribution in [3.63, 3.8) is 0 Å². The molecular weight excluding hydrogens is 448 g/mol. The number of carbonyl (C=O) groups is 2. The summed E-state index contributed by atoms with van der Waals surface area (Å²) in [6.45, 7) is 4.78. The van der Waals surface area contributed by atoms with Crippen LogP contribution in [0.25, 0.3) is 11.1 Å². The van der Waals surface area contributed by atoms with Gasteiger partial charge in [-0.05, 0) is 52.6 Å². The fraction of sp³-hybridized carbons (Fsp3) is 0.355. The van der Waals surface area contributed by atoms with E-state index in [0.29, 0.717) is 12.5 Å². The van der Waals surface area contributed by atoms with Gasteiger partial charge in [0.2, 0.25) is 5.91 Å². The number of hydrogen-bond donors (Lipinski definition) is 1. The van der Waals surface area contributed by atoms with Crippen molar-refractivity contribution < 1.29 is 14.3 Å². The molecule has 3 aromatic carbocycles. The Morgan fingerprint density at radius 1 is 0.972 bits per heavy atom. The van der Waals surface area contributed by atoms with Crippen molar-refractivity contribution in [3.05, 3.63) is 90.0 Å². The van der Waals surface area contributed by atoms with Crippen LogP contribution >= 0.6 is 0 Å². The van der Waals surface area contributed by atoms with Crippen LogP contribution in [-0.2, 0) is 20.7 Å². The van der Waals surface area contributed by atoms with E-state index in [1.807, 2.05) is 71.6 Å². The van der Waals surface area contributed by atoms with E-state index in [4.69, 9.17) is 10.5 Å². The fourth-order valence-corrected chi connectivity index (χ4v) is 4.64. The van der Waals surface area contributed by atoms with Crippen LogP contribution in [0.5, 0.6) is 0 Å². The fourth-order valence-electron chi connectivity index (χ4n) is 4.64. The number of carbonyl (C=O) groups excluding carboxylic acids is 2. The number of esters is 1. The predicted molar refractivity (Wildman–Crippen MR) is 145 cm³/mol. The molecule has 4 atom stereocenters. The van der Waals surface area contributed by atoms with Crippen LogP contribution in [-0.4, -0.2) is 31.6 Å². The lowest BCUT2D eigenvalue weighted by atomic mass is 9.98. The SMILES string of the molecule is CC[C@H](C)[C@H](N)CN(C(=O)[C@@H]1C[C@H]1c1ccccc1)c1ccc(-c2ccc(CC(=O)OC)cc2)cc1. The summed E-state index contributed by atoms with van der Waals surface area (Å²) in [5, 5.41) is 0. The number of anilines is 1. The van der Waals surface area contributed by atoms with Gasteiger partial charge >= 0.3 is 5.97 Å². The normalized spacial score (nSPS) is 18.2. The monoisotopic (exact) mass is 484 g/mol. The van der Waals surface area contributed by atoms with Crippen molar-refractivity contribution in [2.24, 2.45) is 17.6 Å². The maximum absolute atomic E-state index is 13.7. The van der Waals surface area contributed by atoms with E-state index in [2.05, 4.69) is 26.0 Å². The molecule has 1 fully saturated rings.